The molecule has 7 heteroatoms. The molecule has 90 valence electrons. The molecule has 0 aromatic heterocycles. The molecule has 1 unspecified atom stereocenters. The van der Waals surface area contributed by atoms with Crippen molar-refractivity contribution in [3.8, 4) is 5.75 Å². The van der Waals surface area contributed by atoms with Crippen LogP contribution in [0.15, 0.2) is 0 Å². The molecule has 0 saturated carbocycles. The van der Waals surface area contributed by atoms with Gasteiger partial charge in [-0.15, -0.1) is 0 Å². The minimum absolute atomic E-state index is 0.126. The van der Waals surface area contributed by atoms with Crippen molar-refractivity contribution in [2.75, 3.05) is 6.54 Å². The van der Waals surface area contributed by atoms with E-state index in [2.05, 4.69) is 4.74 Å². The minimum atomic E-state index is -2.22. The van der Waals surface area contributed by atoms with Gasteiger partial charge in [0.05, 0.1) is 0 Å². The standard InChI is InChI=1S/C9H8F5NO/c1-3(2-15)16-9-7(13)5(11)4(10)6(12)8(9)14/h3H,2,15H2,1H3. The maximum atomic E-state index is 13.0. The molecule has 0 heterocycles. The average molecular weight is 241 g/mol. The Balaban J connectivity index is 3.28. The van der Waals surface area contributed by atoms with Gasteiger partial charge in [-0.2, -0.15) is 8.78 Å². The third kappa shape index (κ3) is 2.08. The fourth-order valence-corrected chi connectivity index (χ4v) is 0.938. The van der Waals surface area contributed by atoms with Crippen molar-refractivity contribution in [3.05, 3.63) is 29.1 Å². The van der Waals surface area contributed by atoms with Gasteiger partial charge in [-0.25, -0.2) is 13.2 Å². The third-order valence-corrected chi connectivity index (χ3v) is 1.82. The molecule has 0 radical (unpaired) electrons. The van der Waals surface area contributed by atoms with E-state index in [0.29, 0.717) is 0 Å². The number of hydrogen-bond donors (Lipinski definition) is 1. The maximum Gasteiger partial charge on any atom is 0.207 e. The molecule has 2 nitrogen and oxygen atoms in total. The van der Waals surface area contributed by atoms with Crippen molar-refractivity contribution < 1.29 is 26.7 Å². The van der Waals surface area contributed by atoms with E-state index < -0.39 is 40.9 Å². The second-order valence-electron chi connectivity index (χ2n) is 3.06. The molecule has 1 atom stereocenters. The zero-order chi connectivity index (χ0) is 12.5. The number of hydrogen-bond acceptors (Lipinski definition) is 2. The summed E-state index contributed by atoms with van der Waals surface area (Å²) < 4.78 is 68.5. The highest BCUT2D eigenvalue weighted by molar-refractivity contribution is 5.29. The van der Waals surface area contributed by atoms with Gasteiger partial charge in [0.15, 0.2) is 5.75 Å². The van der Waals surface area contributed by atoms with Crippen LogP contribution in [0.3, 0.4) is 0 Å². The van der Waals surface area contributed by atoms with E-state index in [4.69, 9.17) is 5.73 Å². The SMILES string of the molecule is CC(CN)Oc1c(F)c(F)c(F)c(F)c1F. The summed E-state index contributed by atoms with van der Waals surface area (Å²) in [7, 11) is 0. The Bertz CT molecular complexity index is 380. The van der Waals surface area contributed by atoms with E-state index in [-0.39, 0.29) is 6.54 Å². The van der Waals surface area contributed by atoms with E-state index >= 15 is 0 Å². The van der Waals surface area contributed by atoms with Gasteiger partial charge < -0.3 is 10.5 Å². The highest BCUT2D eigenvalue weighted by Gasteiger charge is 2.27. The van der Waals surface area contributed by atoms with Crippen molar-refractivity contribution in [2.24, 2.45) is 5.73 Å². The van der Waals surface area contributed by atoms with Gasteiger partial charge in [-0.1, -0.05) is 0 Å². The van der Waals surface area contributed by atoms with Crippen LogP contribution in [-0.2, 0) is 0 Å². The van der Waals surface area contributed by atoms with Crippen molar-refractivity contribution >= 4 is 0 Å². The highest BCUT2D eigenvalue weighted by atomic mass is 19.2. The van der Waals surface area contributed by atoms with E-state index in [9.17, 15) is 22.0 Å². The summed E-state index contributed by atoms with van der Waals surface area (Å²) in [4.78, 5) is 0. The first kappa shape index (κ1) is 12.7. The summed E-state index contributed by atoms with van der Waals surface area (Å²) in [6.07, 6.45) is -0.867. The van der Waals surface area contributed by atoms with E-state index in [1.54, 1.807) is 0 Å². The maximum absolute atomic E-state index is 13.0. The zero-order valence-corrected chi connectivity index (χ0v) is 8.16. The first-order chi connectivity index (χ1) is 7.40. The van der Waals surface area contributed by atoms with Crippen LogP contribution in [-0.4, -0.2) is 12.6 Å². The second kappa shape index (κ2) is 4.65. The largest absolute Gasteiger partial charge is 0.483 e. The van der Waals surface area contributed by atoms with Crippen LogP contribution in [0.2, 0.25) is 0 Å². The van der Waals surface area contributed by atoms with Crippen LogP contribution in [0.25, 0.3) is 0 Å². The molecule has 2 N–H and O–H groups in total. The molecule has 0 fully saturated rings. The summed E-state index contributed by atoms with van der Waals surface area (Å²) in [5.41, 5.74) is 5.09. The van der Waals surface area contributed by atoms with E-state index in [1.807, 2.05) is 0 Å². The van der Waals surface area contributed by atoms with Crippen molar-refractivity contribution in [1.29, 1.82) is 0 Å². The van der Waals surface area contributed by atoms with E-state index in [1.165, 1.54) is 6.92 Å². The predicted octanol–water partition coefficient (Wildman–Crippen LogP) is 2.11. The fourth-order valence-electron chi connectivity index (χ4n) is 0.938. The van der Waals surface area contributed by atoms with Gasteiger partial charge in [0.2, 0.25) is 29.1 Å². The average Bonchev–Trinajstić information content (AvgIpc) is 2.29. The Labute approximate surface area is 87.8 Å². The van der Waals surface area contributed by atoms with Crippen LogP contribution in [0.1, 0.15) is 6.92 Å². The fraction of sp³-hybridized carbons (Fsp3) is 0.333. The van der Waals surface area contributed by atoms with Crippen LogP contribution in [0, 0.1) is 29.1 Å². The number of ether oxygens (including phenoxy) is 1. The van der Waals surface area contributed by atoms with Crippen molar-refractivity contribution in [1.82, 2.24) is 0 Å². The number of nitrogens with two attached hydrogens (primary N) is 1. The van der Waals surface area contributed by atoms with Crippen LogP contribution < -0.4 is 10.5 Å². The molecule has 1 rings (SSSR count). The minimum Gasteiger partial charge on any atom is -0.483 e. The molecular formula is C9H8F5NO. The zero-order valence-electron chi connectivity index (χ0n) is 8.16. The molecule has 0 aliphatic rings. The third-order valence-electron chi connectivity index (χ3n) is 1.82. The molecule has 1 aromatic rings. The summed E-state index contributed by atoms with van der Waals surface area (Å²) in [6.45, 7) is 1.21. The normalized spacial score (nSPS) is 12.7. The number of halogens is 5. The Morgan fingerprint density at radius 1 is 0.938 bits per heavy atom. The molecule has 0 saturated heterocycles. The molecule has 0 aliphatic carbocycles. The van der Waals surface area contributed by atoms with Crippen molar-refractivity contribution in [3.63, 3.8) is 0 Å². The Kier molecular flexibility index (Phi) is 3.69. The Hall–Kier alpha value is -1.37. The lowest BCUT2D eigenvalue weighted by molar-refractivity contribution is 0.198. The van der Waals surface area contributed by atoms with Crippen LogP contribution >= 0.6 is 0 Å². The lowest BCUT2D eigenvalue weighted by Crippen LogP contribution is -2.24. The quantitative estimate of drug-likeness (QED) is 0.499. The van der Waals surface area contributed by atoms with Gasteiger partial charge in [-0.05, 0) is 6.92 Å². The number of rotatable bonds is 3. The van der Waals surface area contributed by atoms with Gasteiger partial charge in [-0.3, -0.25) is 0 Å². The first-order valence-electron chi connectivity index (χ1n) is 4.28. The van der Waals surface area contributed by atoms with Crippen LogP contribution in [0.5, 0.6) is 5.75 Å². The van der Waals surface area contributed by atoms with Crippen LogP contribution in [0.4, 0.5) is 22.0 Å². The Morgan fingerprint density at radius 2 is 1.31 bits per heavy atom. The van der Waals surface area contributed by atoms with E-state index in [0.717, 1.165) is 0 Å². The topological polar surface area (TPSA) is 35.2 Å². The molecular weight excluding hydrogens is 233 g/mol. The molecule has 0 spiro atoms. The highest BCUT2D eigenvalue weighted by Crippen LogP contribution is 2.29. The van der Waals surface area contributed by atoms with Crippen molar-refractivity contribution in [2.45, 2.75) is 13.0 Å². The monoisotopic (exact) mass is 241 g/mol. The predicted molar refractivity (Wildman–Crippen MR) is 45.4 cm³/mol. The van der Waals surface area contributed by atoms with Gasteiger partial charge >= 0.3 is 0 Å². The van der Waals surface area contributed by atoms with Gasteiger partial charge in [0.1, 0.15) is 6.10 Å². The lowest BCUT2D eigenvalue weighted by atomic mass is 10.2. The lowest BCUT2D eigenvalue weighted by Gasteiger charge is -2.14. The Morgan fingerprint density at radius 3 is 1.69 bits per heavy atom. The number of benzene rings is 1. The summed E-state index contributed by atoms with van der Waals surface area (Å²) >= 11 is 0. The summed E-state index contributed by atoms with van der Waals surface area (Å²) in [5.74, 6) is -11.6. The van der Waals surface area contributed by atoms with Gasteiger partial charge in [0.25, 0.3) is 0 Å². The first-order valence-corrected chi connectivity index (χ1v) is 4.28. The second-order valence-corrected chi connectivity index (χ2v) is 3.06. The molecule has 0 amide bonds. The molecule has 0 aliphatic heterocycles. The summed E-state index contributed by atoms with van der Waals surface area (Å²) in [6, 6.07) is 0. The molecule has 0 bridgehead atoms. The summed E-state index contributed by atoms with van der Waals surface area (Å²) in [5, 5.41) is 0. The molecule has 1 aromatic carbocycles. The van der Waals surface area contributed by atoms with Gasteiger partial charge in [0, 0.05) is 6.54 Å². The molecule has 16 heavy (non-hydrogen) atoms. The smallest absolute Gasteiger partial charge is 0.207 e.